The lowest BCUT2D eigenvalue weighted by atomic mass is 10.1. The quantitative estimate of drug-likeness (QED) is 0.535. The van der Waals surface area contributed by atoms with Gasteiger partial charge >= 0.3 is 5.97 Å². The topological polar surface area (TPSA) is 83.1 Å². The molecule has 0 radical (unpaired) electrons. The Labute approximate surface area is 125 Å². The number of carboxylic acids is 1. The Kier molecular flexibility index (Phi) is 4.10. The van der Waals surface area contributed by atoms with Gasteiger partial charge in [-0.2, -0.15) is 5.26 Å². The molecule has 0 atom stereocenters. The summed E-state index contributed by atoms with van der Waals surface area (Å²) >= 11 is 5.33. The molecule has 0 fully saturated rings. The van der Waals surface area contributed by atoms with E-state index in [1.165, 1.54) is 6.08 Å². The van der Waals surface area contributed by atoms with Crippen molar-refractivity contribution >= 4 is 39.8 Å². The van der Waals surface area contributed by atoms with Crippen LogP contribution in [0.4, 0.5) is 0 Å². The van der Waals surface area contributed by atoms with Gasteiger partial charge in [-0.25, -0.2) is 0 Å². The van der Waals surface area contributed by atoms with Crippen LogP contribution < -0.4 is 0 Å². The summed E-state index contributed by atoms with van der Waals surface area (Å²) in [4.78, 5) is 22.1. The fourth-order valence-electron chi connectivity index (χ4n) is 2.11. The minimum atomic E-state index is -0.974. The molecule has 1 heterocycles. The molecule has 21 heavy (non-hydrogen) atoms. The normalized spacial score (nSPS) is 11.4. The Bertz CT molecular complexity index is 812. The Morgan fingerprint density at radius 3 is 2.76 bits per heavy atom. The average molecular weight is 303 g/mol. The second-order valence-corrected chi connectivity index (χ2v) is 4.91. The number of aryl methyl sites for hydroxylation is 1. The van der Waals surface area contributed by atoms with Crippen molar-refractivity contribution in [3.63, 3.8) is 0 Å². The van der Waals surface area contributed by atoms with E-state index in [4.69, 9.17) is 22.0 Å². The van der Waals surface area contributed by atoms with Gasteiger partial charge in [0, 0.05) is 22.7 Å². The number of nitrogens with zero attached hydrogens (tertiary/aromatic N) is 2. The SMILES string of the molecule is Cc1ccc2c(C=C(C#N)C(=O)Cl)cn(CC(=O)O)c2c1. The van der Waals surface area contributed by atoms with Crippen molar-refractivity contribution < 1.29 is 14.7 Å². The molecule has 0 saturated carbocycles. The largest absolute Gasteiger partial charge is 0.480 e. The van der Waals surface area contributed by atoms with Gasteiger partial charge in [0.05, 0.1) is 0 Å². The predicted molar refractivity (Wildman–Crippen MR) is 78.8 cm³/mol. The number of rotatable bonds is 4. The standard InChI is InChI=1S/C15H11ClN2O3/c1-9-2-3-12-11(5-10(6-17)15(16)21)7-18(8-14(19)20)13(12)4-9/h2-5,7H,8H2,1H3,(H,19,20). The third-order valence-electron chi connectivity index (χ3n) is 3.01. The van der Waals surface area contributed by atoms with E-state index in [0.29, 0.717) is 5.56 Å². The van der Waals surface area contributed by atoms with Gasteiger partial charge in [-0.3, -0.25) is 9.59 Å². The number of benzene rings is 1. The highest BCUT2D eigenvalue weighted by atomic mass is 35.5. The Balaban J connectivity index is 2.68. The summed E-state index contributed by atoms with van der Waals surface area (Å²) in [5, 5.41) is 17.8. The summed E-state index contributed by atoms with van der Waals surface area (Å²) in [6.07, 6.45) is 2.96. The fourth-order valence-corrected chi connectivity index (χ4v) is 2.21. The summed E-state index contributed by atoms with van der Waals surface area (Å²) in [5.41, 5.74) is 2.10. The second-order valence-electron chi connectivity index (χ2n) is 4.57. The van der Waals surface area contributed by atoms with Crippen molar-refractivity contribution in [2.45, 2.75) is 13.5 Å². The highest BCUT2D eigenvalue weighted by Gasteiger charge is 2.12. The number of nitriles is 1. The number of hydrogen-bond acceptors (Lipinski definition) is 3. The molecule has 0 spiro atoms. The maximum Gasteiger partial charge on any atom is 0.323 e. The van der Waals surface area contributed by atoms with Crippen molar-refractivity contribution in [3.8, 4) is 6.07 Å². The molecule has 0 aliphatic carbocycles. The zero-order valence-electron chi connectivity index (χ0n) is 11.1. The van der Waals surface area contributed by atoms with Crippen LogP contribution in [-0.2, 0) is 16.1 Å². The van der Waals surface area contributed by atoms with Crippen LogP contribution in [0, 0.1) is 18.3 Å². The number of carbonyl (C=O) groups excluding carboxylic acids is 1. The minimum absolute atomic E-state index is 0.188. The van der Waals surface area contributed by atoms with Gasteiger partial charge in [0.2, 0.25) is 0 Å². The van der Waals surface area contributed by atoms with Crippen LogP contribution in [0.5, 0.6) is 0 Å². The number of fused-ring (bicyclic) bond motifs is 1. The molecule has 0 saturated heterocycles. The van der Waals surface area contributed by atoms with Crippen molar-refractivity contribution in [2.24, 2.45) is 0 Å². The molecule has 0 aliphatic rings. The van der Waals surface area contributed by atoms with E-state index in [2.05, 4.69) is 0 Å². The minimum Gasteiger partial charge on any atom is -0.480 e. The molecule has 2 rings (SSSR count). The summed E-state index contributed by atoms with van der Waals surface area (Å²) in [6.45, 7) is 1.69. The molecule has 106 valence electrons. The number of hydrogen-bond donors (Lipinski definition) is 1. The van der Waals surface area contributed by atoms with Crippen LogP contribution in [0.1, 0.15) is 11.1 Å². The molecular formula is C15H11ClN2O3. The van der Waals surface area contributed by atoms with E-state index in [-0.39, 0.29) is 12.1 Å². The number of carboxylic acid groups (broad SMARTS) is 1. The summed E-state index contributed by atoms with van der Waals surface area (Å²) < 4.78 is 1.56. The highest BCUT2D eigenvalue weighted by molar-refractivity contribution is 6.68. The van der Waals surface area contributed by atoms with E-state index >= 15 is 0 Å². The van der Waals surface area contributed by atoms with Crippen LogP contribution >= 0.6 is 11.6 Å². The first-order valence-electron chi connectivity index (χ1n) is 6.05. The van der Waals surface area contributed by atoms with E-state index in [9.17, 15) is 9.59 Å². The van der Waals surface area contributed by atoms with Crippen molar-refractivity contribution in [2.75, 3.05) is 0 Å². The smallest absolute Gasteiger partial charge is 0.323 e. The molecule has 0 aliphatic heterocycles. The molecule has 5 nitrogen and oxygen atoms in total. The van der Waals surface area contributed by atoms with E-state index in [0.717, 1.165) is 16.5 Å². The Morgan fingerprint density at radius 2 is 2.19 bits per heavy atom. The first kappa shape index (κ1) is 14.8. The van der Waals surface area contributed by atoms with E-state index in [1.807, 2.05) is 25.1 Å². The van der Waals surface area contributed by atoms with E-state index in [1.54, 1.807) is 16.8 Å². The zero-order valence-corrected chi connectivity index (χ0v) is 11.9. The second kappa shape index (κ2) is 5.81. The molecule has 0 amide bonds. The molecule has 0 bridgehead atoms. The molecule has 6 heteroatoms. The van der Waals surface area contributed by atoms with Gasteiger partial charge in [-0.15, -0.1) is 0 Å². The number of aliphatic carboxylic acids is 1. The number of halogens is 1. The summed E-state index contributed by atoms with van der Waals surface area (Å²) in [5.74, 6) is -0.974. The lowest BCUT2D eigenvalue weighted by molar-refractivity contribution is -0.137. The van der Waals surface area contributed by atoms with Crippen LogP contribution in [0.3, 0.4) is 0 Å². The molecule has 0 unspecified atom stereocenters. The maximum absolute atomic E-state index is 11.1. The van der Waals surface area contributed by atoms with Crippen molar-refractivity contribution in [3.05, 3.63) is 41.1 Å². The lowest BCUT2D eigenvalue weighted by Gasteiger charge is -2.01. The van der Waals surface area contributed by atoms with Crippen molar-refractivity contribution in [1.29, 1.82) is 5.26 Å². The van der Waals surface area contributed by atoms with Gasteiger partial charge in [0.15, 0.2) is 0 Å². The van der Waals surface area contributed by atoms with Crippen LogP contribution in [0.2, 0.25) is 0 Å². The average Bonchev–Trinajstić information content (AvgIpc) is 2.72. The van der Waals surface area contributed by atoms with Crippen molar-refractivity contribution in [1.82, 2.24) is 4.57 Å². The van der Waals surface area contributed by atoms with Crippen LogP contribution in [-0.4, -0.2) is 20.9 Å². The third kappa shape index (κ3) is 3.12. The summed E-state index contributed by atoms with van der Waals surface area (Å²) in [6, 6.07) is 7.28. The van der Waals surface area contributed by atoms with Gasteiger partial charge < -0.3 is 9.67 Å². The van der Waals surface area contributed by atoms with Gasteiger partial charge in [-0.05, 0) is 36.2 Å². The molecular weight excluding hydrogens is 292 g/mol. The lowest BCUT2D eigenvalue weighted by Crippen LogP contribution is -2.07. The Morgan fingerprint density at radius 1 is 1.48 bits per heavy atom. The molecule has 2 aromatic rings. The predicted octanol–water partition coefficient (Wildman–Crippen LogP) is 2.71. The fraction of sp³-hybridized carbons (Fsp3) is 0.133. The first-order valence-corrected chi connectivity index (χ1v) is 6.43. The van der Waals surface area contributed by atoms with Gasteiger partial charge in [-0.1, -0.05) is 12.1 Å². The Hall–Kier alpha value is -2.58. The van der Waals surface area contributed by atoms with Crippen LogP contribution in [0.15, 0.2) is 30.0 Å². The van der Waals surface area contributed by atoms with Gasteiger partial charge in [0.1, 0.15) is 18.2 Å². The van der Waals surface area contributed by atoms with Crippen LogP contribution in [0.25, 0.3) is 17.0 Å². The maximum atomic E-state index is 11.1. The molecule has 1 aromatic carbocycles. The number of aromatic nitrogens is 1. The number of allylic oxidation sites excluding steroid dienone is 1. The van der Waals surface area contributed by atoms with Gasteiger partial charge in [0.25, 0.3) is 5.24 Å². The molecule has 1 N–H and O–H groups in total. The number of carbonyl (C=O) groups is 2. The third-order valence-corrected chi connectivity index (χ3v) is 3.21. The first-order chi connectivity index (χ1) is 9.92. The molecule has 1 aromatic heterocycles. The highest BCUT2D eigenvalue weighted by Crippen LogP contribution is 2.25. The monoisotopic (exact) mass is 302 g/mol. The zero-order chi connectivity index (χ0) is 15.6. The van der Waals surface area contributed by atoms with E-state index < -0.39 is 11.2 Å². The summed E-state index contributed by atoms with van der Waals surface area (Å²) in [7, 11) is 0.